The molecule has 3 aromatic rings. The molecule has 0 unspecified atom stereocenters. The van der Waals surface area contributed by atoms with Crippen LogP contribution in [0, 0.1) is 5.82 Å². The molecule has 1 aliphatic rings. The van der Waals surface area contributed by atoms with Gasteiger partial charge in [0.15, 0.2) is 0 Å². The molecule has 0 heterocycles. The highest BCUT2D eigenvalue weighted by Gasteiger charge is 2.32. The van der Waals surface area contributed by atoms with Crippen molar-refractivity contribution in [1.29, 1.82) is 0 Å². The number of amides is 2. The molecule has 0 radical (unpaired) electrons. The molecular formula is C30H32BrFN2O2S. The van der Waals surface area contributed by atoms with Gasteiger partial charge in [0.2, 0.25) is 11.8 Å². The highest BCUT2D eigenvalue weighted by molar-refractivity contribution is 9.10. The van der Waals surface area contributed by atoms with E-state index in [1.807, 2.05) is 54.6 Å². The fraction of sp³-hybridized carbons (Fsp3) is 0.333. The average molecular weight is 584 g/mol. The Morgan fingerprint density at radius 1 is 0.973 bits per heavy atom. The summed E-state index contributed by atoms with van der Waals surface area (Å²) < 4.78 is 15.0. The Bertz CT molecular complexity index is 1190. The Labute approximate surface area is 231 Å². The Hall–Kier alpha value is -2.64. The lowest BCUT2D eigenvalue weighted by atomic mass is 10.0. The Morgan fingerprint density at radius 2 is 1.68 bits per heavy atom. The fourth-order valence-electron chi connectivity index (χ4n) is 4.70. The van der Waals surface area contributed by atoms with Crippen LogP contribution in [0.4, 0.5) is 4.39 Å². The average Bonchev–Trinajstić information content (AvgIpc) is 3.41. The number of nitrogens with one attached hydrogen (secondary N) is 1. The van der Waals surface area contributed by atoms with Crippen LogP contribution in [0.2, 0.25) is 0 Å². The largest absolute Gasteiger partial charge is 0.352 e. The van der Waals surface area contributed by atoms with Crippen molar-refractivity contribution in [2.75, 3.05) is 5.75 Å². The third-order valence-electron chi connectivity index (χ3n) is 6.66. The molecule has 0 aliphatic heterocycles. The van der Waals surface area contributed by atoms with Gasteiger partial charge in [0, 0.05) is 29.2 Å². The quantitative estimate of drug-likeness (QED) is 0.280. The van der Waals surface area contributed by atoms with Crippen LogP contribution >= 0.6 is 27.7 Å². The van der Waals surface area contributed by atoms with E-state index in [9.17, 15) is 14.0 Å². The molecule has 1 aliphatic carbocycles. The van der Waals surface area contributed by atoms with Gasteiger partial charge in [-0.05, 0) is 47.7 Å². The number of nitrogens with zero attached hydrogens (tertiary/aromatic N) is 1. The van der Waals surface area contributed by atoms with Crippen molar-refractivity contribution >= 4 is 39.5 Å². The minimum atomic E-state index is -0.649. The summed E-state index contributed by atoms with van der Waals surface area (Å²) in [6.45, 7) is 0.314. The van der Waals surface area contributed by atoms with Gasteiger partial charge in [0.25, 0.3) is 0 Å². The fourth-order valence-corrected chi connectivity index (χ4v) is 6.04. The second-order valence-electron chi connectivity index (χ2n) is 9.43. The van der Waals surface area contributed by atoms with Gasteiger partial charge in [-0.3, -0.25) is 9.59 Å². The predicted molar refractivity (Wildman–Crippen MR) is 152 cm³/mol. The maximum atomic E-state index is 14.1. The summed E-state index contributed by atoms with van der Waals surface area (Å²) in [5.41, 5.74) is 2.51. The highest BCUT2D eigenvalue weighted by atomic mass is 79.9. The minimum absolute atomic E-state index is 0.113. The van der Waals surface area contributed by atoms with Crippen LogP contribution < -0.4 is 5.32 Å². The summed E-state index contributed by atoms with van der Waals surface area (Å²) >= 11 is 4.89. The molecule has 4 rings (SSSR count). The highest BCUT2D eigenvalue weighted by Crippen LogP contribution is 2.22. The van der Waals surface area contributed by atoms with Crippen molar-refractivity contribution in [3.8, 4) is 0 Å². The van der Waals surface area contributed by atoms with Crippen molar-refractivity contribution in [3.05, 3.63) is 106 Å². The molecule has 2 amide bonds. The van der Waals surface area contributed by atoms with Gasteiger partial charge in [-0.2, -0.15) is 0 Å². The molecular weight excluding hydrogens is 551 g/mol. The summed E-state index contributed by atoms with van der Waals surface area (Å²) in [7, 11) is 0. The second kappa shape index (κ2) is 13.8. The van der Waals surface area contributed by atoms with Crippen LogP contribution in [0.5, 0.6) is 0 Å². The number of carbonyl (C=O) groups excluding carboxylic acids is 2. The minimum Gasteiger partial charge on any atom is -0.352 e. The number of halogens is 2. The van der Waals surface area contributed by atoms with Crippen molar-refractivity contribution in [3.63, 3.8) is 0 Å². The van der Waals surface area contributed by atoms with Gasteiger partial charge in [-0.25, -0.2) is 4.39 Å². The van der Waals surface area contributed by atoms with Crippen molar-refractivity contribution in [2.45, 2.75) is 56.5 Å². The zero-order chi connectivity index (χ0) is 26.0. The zero-order valence-electron chi connectivity index (χ0n) is 20.7. The van der Waals surface area contributed by atoms with E-state index in [1.165, 1.54) is 17.8 Å². The molecule has 7 heteroatoms. The SMILES string of the molecule is O=C(NC1CCCC1)[C@@H](Cc1ccccc1)N(Cc1cccc(Br)c1)C(=O)CSCc1ccccc1F. The topological polar surface area (TPSA) is 49.4 Å². The lowest BCUT2D eigenvalue weighted by Gasteiger charge is -2.32. The van der Waals surface area contributed by atoms with Crippen molar-refractivity contribution in [2.24, 2.45) is 0 Å². The van der Waals surface area contributed by atoms with Gasteiger partial charge < -0.3 is 10.2 Å². The number of thioether (sulfide) groups is 1. The molecule has 0 saturated heterocycles. The van der Waals surface area contributed by atoms with Crippen molar-refractivity contribution < 1.29 is 14.0 Å². The summed E-state index contributed by atoms with van der Waals surface area (Å²) in [6, 6.07) is 23.8. The van der Waals surface area contributed by atoms with Gasteiger partial charge >= 0.3 is 0 Å². The summed E-state index contributed by atoms with van der Waals surface area (Å²) in [5.74, 6) is 0.0267. The first-order chi connectivity index (χ1) is 18.0. The van der Waals surface area contributed by atoms with Crippen LogP contribution in [-0.4, -0.2) is 34.6 Å². The van der Waals surface area contributed by atoms with Gasteiger partial charge in [0.05, 0.1) is 5.75 Å². The number of hydrogen-bond donors (Lipinski definition) is 1. The first kappa shape index (κ1) is 27.4. The number of carbonyl (C=O) groups is 2. The van der Waals surface area contributed by atoms with E-state index in [-0.39, 0.29) is 29.4 Å². The van der Waals surface area contributed by atoms with Crippen LogP contribution in [0.15, 0.2) is 83.3 Å². The Morgan fingerprint density at radius 3 is 2.41 bits per heavy atom. The number of rotatable bonds is 11. The molecule has 37 heavy (non-hydrogen) atoms. The van der Waals surface area contributed by atoms with E-state index in [2.05, 4.69) is 21.2 Å². The number of benzene rings is 3. The van der Waals surface area contributed by atoms with Crippen LogP contribution in [-0.2, 0) is 28.3 Å². The first-order valence-electron chi connectivity index (χ1n) is 12.7. The van der Waals surface area contributed by atoms with E-state index in [0.717, 1.165) is 41.3 Å². The third-order valence-corrected chi connectivity index (χ3v) is 8.11. The molecule has 3 aromatic carbocycles. The van der Waals surface area contributed by atoms with E-state index >= 15 is 0 Å². The Balaban J connectivity index is 1.57. The monoisotopic (exact) mass is 582 g/mol. The van der Waals surface area contributed by atoms with Gasteiger partial charge in [0.1, 0.15) is 11.9 Å². The predicted octanol–water partition coefficient (Wildman–Crippen LogP) is 6.52. The lowest BCUT2D eigenvalue weighted by Crippen LogP contribution is -2.52. The van der Waals surface area contributed by atoms with Crippen LogP contribution in [0.1, 0.15) is 42.4 Å². The first-order valence-corrected chi connectivity index (χ1v) is 14.6. The molecule has 1 fully saturated rings. The normalized spacial score (nSPS) is 14.3. The van der Waals surface area contributed by atoms with E-state index in [1.54, 1.807) is 23.1 Å². The molecule has 4 nitrogen and oxygen atoms in total. The maximum absolute atomic E-state index is 14.1. The van der Waals surface area contributed by atoms with E-state index < -0.39 is 6.04 Å². The molecule has 0 bridgehead atoms. The third kappa shape index (κ3) is 8.17. The molecule has 1 saturated carbocycles. The summed E-state index contributed by atoms with van der Waals surface area (Å²) in [6.07, 6.45) is 4.60. The molecule has 0 spiro atoms. The van der Waals surface area contributed by atoms with Crippen LogP contribution in [0.3, 0.4) is 0 Å². The number of hydrogen-bond acceptors (Lipinski definition) is 3. The Kier molecular flexibility index (Phi) is 10.2. The standard InChI is InChI=1S/C30H32BrFN2O2S/c31-25-13-8-11-23(17-25)19-34(29(35)21-37-20-24-12-4-7-16-27(24)32)28(18-22-9-2-1-3-10-22)30(36)33-26-14-5-6-15-26/h1-4,7-13,16-17,26,28H,5-6,14-15,18-21H2,(H,33,36)/t28-/m1/s1. The molecule has 1 N–H and O–H groups in total. The molecule has 0 aromatic heterocycles. The van der Waals surface area contributed by atoms with E-state index in [0.29, 0.717) is 24.3 Å². The smallest absolute Gasteiger partial charge is 0.243 e. The van der Waals surface area contributed by atoms with Crippen LogP contribution in [0.25, 0.3) is 0 Å². The second-order valence-corrected chi connectivity index (χ2v) is 11.3. The maximum Gasteiger partial charge on any atom is 0.243 e. The van der Waals surface area contributed by atoms with Gasteiger partial charge in [-0.1, -0.05) is 89.4 Å². The summed E-state index contributed by atoms with van der Waals surface area (Å²) in [5, 5.41) is 3.22. The molecule has 194 valence electrons. The summed E-state index contributed by atoms with van der Waals surface area (Å²) in [4.78, 5) is 29.1. The van der Waals surface area contributed by atoms with Crippen molar-refractivity contribution in [1.82, 2.24) is 10.2 Å². The van der Waals surface area contributed by atoms with Gasteiger partial charge in [-0.15, -0.1) is 11.8 Å². The molecule has 1 atom stereocenters. The lowest BCUT2D eigenvalue weighted by molar-refractivity contribution is -0.139. The zero-order valence-corrected chi connectivity index (χ0v) is 23.1. The van der Waals surface area contributed by atoms with E-state index in [4.69, 9.17) is 0 Å².